The highest BCUT2D eigenvalue weighted by Crippen LogP contribution is 2.54. The van der Waals surface area contributed by atoms with Crippen LogP contribution in [-0.2, 0) is 0 Å². The van der Waals surface area contributed by atoms with Gasteiger partial charge in [0.25, 0.3) is 0 Å². The van der Waals surface area contributed by atoms with Gasteiger partial charge in [-0.15, -0.1) is 0 Å². The zero-order valence-corrected chi connectivity index (χ0v) is 7.64. The van der Waals surface area contributed by atoms with Crippen LogP contribution in [0.25, 0.3) is 0 Å². The molecule has 64 valence electrons. The molecule has 0 aromatic rings. The lowest BCUT2D eigenvalue weighted by atomic mass is 9.95. The minimum absolute atomic E-state index is 1.03. The molecule has 2 rings (SSSR count). The van der Waals surface area contributed by atoms with Crippen LogP contribution in [0.15, 0.2) is 0 Å². The number of nitrogens with one attached hydrogen (secondary N) is 1. The third-order valence-electron chi connectivity index (χ3n) is 3.75. The normalized spacial score (nSPS) is 41.2. The Morgan fingerprint density at radius 3 is 2.18 bits per heavy atom. The van der Waals surface area contributed by atoms with Gasteiger partial charge in [0.15, 0.2) is 0 Å². The SMILES string of the molecule is CCC(CC)C1C2CNCC21. The summed E-state index contributed by atoms with van der Waals surface area (Å²) in [5.74, 6) is 4.28. The van der Waals surface area contributed by atoms with E-state index < -0.39 is 0 Å². The van der Waals surface area contributed by atoms with Crippen LogP contribution in [0, 0.1) is 23.7 Å². The van der Waals surface area contributed by atoms with Crippen LogP contribution in [-0.4, -0.2) is 13.1 Å². The van der Waals surface area contributed by atoms with Gasteiger partial charge in [-0.25, -0.2) is 0 Å². The maximum atomic E-state index is 3.45. The third-order valence-corrected chi connectivity index (χ3v) is 3.75. The number of fused-ring (bicyclic) bond motifs is 1. The minimum Gasteiger partial charge on any atom is -0.316 e. The number of rotatable bonds is 3. The van der Waals surface area contributed by atoms with E-state index in [-0.39, 0.29) is 0 Å². The van der Waals surface area contributed by atoms with Crippen LogP contribution in [0.4, 0.5) is 0 Å². The lowest BCUT2D eigenvalue weighted by molar-refractivity contribution is 0.377. The number of piperidine rings is 1. The predicted octanol–water partition coefficient (Wildman–Crippen LogP) is 1.89. The van der Waals surface area contributed by atoms with Crippen molar-refractivity contribution in [2.45, 2.75) is 26.7 Å². The van der Waals surface area contributed by atoms with Crippen molar-refractivity contribution >= 4 is 0 Å². The van der Waals surface area contributed by atoms with Crippen molar-refractivity contribution in [3.63, 3.8) is 0 Å². The first-order chi connectivity index (χ1) is 5.38. The van der Waals surface area contributed by atoms with Crippen molar-refractivity contribution in [1.82, 2.24) is 5.32 Å². The summed E-state index contributed by atoms with van der Waals surface area (Å²) < 4.78 is 0. The lowest BCUT2D eigenvalue weighted by Crippen LogP contribution is -2.18. The second-order valence-corrected chi connectivity index (χ2v) is 4.14. The van der Waals surface area contributed by atoms with E-state index in [1.54, 1.807) is 0 Å². The van der Waals surface area contributed by atoms with Gasteiger partial charge in [0.2, 0.25) is 0 Å². The molecular weight excluding hydrogens is 134 g/mol. The Bertz CT molecular complexity index is 130. The topological polar surface area (TPSA) is 12.0 Å². The summed E-state index contributed by atoms with van der Waals surface area (Å²) in [6.07, 6.45) is 2.79. The fraction of sp³-hybridized carbons (Fsp3) is 1.00. The zero-order chi connectivity index (χ0) is 7.84. The van der Waals surface area contributed by atoms with Crippen molar-refractivity contribution in [1.29, 1.82) is 0 Å². The van der Waals surface area contributed by atoms with E-state index in [4.69, 9.17) is 0 Å². The Balaban J connectivity index is 1.88. The molecule has 0 aromatic heterocycles. The first-order valence-electron chi connectivity index (χ1n) is 5.09. The quantitative estimate of drug-likeness (QED) is 0.653. The first kappa shape index (κ1) is 7.60. The van der Waals surface area contributed by atoms with E-state index in [0.29, 0.717) is 0 Å². The molecule has 0 bridgehead atoms. The van der Waals surface area contributed by atoms with Crippen LogP contribution >= 0.6 is 0 Å². The van der Waals surface area contributed by atoms with Crippen molar-refractivity contribution in [2.75, 3.05) is 13.1 Å². The van der Waals surface area contributed by atoms with Gasteiger partial charge in [-0.05, 0) is 36.8 Å². The zero-order valence-electron chi connectivity index (χ0n) is 7.64. The second-order valence-electron chi connectivity index (χ2n) is 4.14. The van der Waals surface area contributed by atoms with E-state index in [1.807, 2.05) is 0 Å². The Morgan fingerprint density at radius 2 is 1.73 bits per heavy atom. The first-order valence-corrected chi connectivity index (χ1v) is 5.09. The standard InChI is InChI=1S/C10H19N/c1-3-7(4-2)10-8-5-11-6-9(8)10/h7-11H,3-6H2,1-2H3. The highest BCUT2D eigenvalue weighted by atomic mass is 15.0. The molecule has 1 aliphatic carbocycles. The lowest BCUT2D eigenvalue weighted by Gasteiger charge is -2.14. The maximum Gasteiger partial charge on any atom is -0.00143 e. The summed E-state index contributed by atoms with van der Waals surface area (Å²) in [5, 5.41) is 3.45. The van der Waals surface area contributed by atoms with Gasteiger partial charge in [-0.1, -0.05) is 26.7 Å². The van der Waals surface area contributed by atoms with Crippen molar-refractivity contribution in [2.24, 2.45) is 23.7 Å². The molecule has 1 N–H and O–H groups in total. The van der Waals surface area contributed by atoms with Crippen LogP contribution in [0.2, 0.25) is 0 Å². The second kappa shape index (κ2) is 2.78. The van der Waals surface area contributed by atoms with Gasteiger partial charge in [0.05, 0.1) is 0 Å². The van der Waals surface area contributed by atoms with Crippen LogP contribution in [0.3, 0.4) is 0 Å². The maximum absolute atomic E-state index is 3.45. The predicted molar refractivity (Wildman–Crippen MR) is 47.4 cm³/mol. The summed E-state index contributed by atoms with van der Waals surface area (Å²) in [5.41, 5.74) is 0. The van der Waals surface area contributed by atoms with Crippen LogP contribution in [0.1, 0.15) is 26.7 Å². The molecule has 1 heteroatoms. The van der Waals surface area contributed by atoms with Gasteiger partial charge >= 0.3 is 0 Å². The fourth-order valence-corrected chi connectivity index (χ4v) is 3.00. The number of hydrogen-bond acceptors (Lipinski definition) is 1. The molecule has 11 heavy (non-hydrogen) atoms. The molecule has 2 fully saturated rings. The molecule has 1 saturated heterocycles. The Morgan fingerprint density at radius 1 is 1.18 bits per heavy atom. The molecule has 1 nitrogen and oxygen atoms in total. The van der Waals surface area contributed by atoms with E-state index in [0.717, 1.165) is 23.7 Å². The van der Waals surface area contributed by atoms with E-state index in [1.165, 1.54) is 25.9 Å². The highest BCUT2D eigenvalue weighted by Gasteiger charge is 2.54. The Kier molecular flexibility index (Phi) is 1.92. The third kappa shape index (κ3) is 1.10. The molecule has 0 spiro atoms. The van der Waals surface area contributed by atoms with Crippen molar-refractivity contribution in [3.05, 3.63) is 0 Å². The van der Waals surface area contributed by atoms with E-state index in [2.05, 4.69) is 19.2 Å². The molecule has 1 heterocycles. The summed E-state index contributed by atoms with van der Waals surface area (Å²) in [7, 11) is 0. The minimum atomic E-state index is 1.03. The van der Waals surface area contributed by atoms with E-state index in [9.17, 15) is 0 Å². The van der Waals surface area contributed by atoms with Gasteiger partial charge in [0.1, 0.15) is 0 Å². The summed E-state index contributed by atoms with van der Waals surface area (Å²) in [4.78, 5) is 0. The van der Waals surface area contributed by atoms with Gasteiger partial charge in [0, 0.05) is 0 Å². The summed E-state index contributed by atoms with van der Waals surface area (Å²) >= 11 is 0. The Hall–Kier alpha value is -0.0400. The molecule has 0 amide bonds. The van der Waals surface area contributed by atoms with Gasteiger partial charge in [-0.2, -0.15) is 0 Å². The smallest absolute Gasteiger partial charge is 0.00143 e. The Labute approximate surface area is 69.6 Å². The highest BCUT2D eigenvalue weighted by molar-refractivity contribution is 5.05. The molecule has 0 aromatic carbocycles. The molecule has 2 atom stereocenters. The monoisotopic (exact) mass is 153 g/mol. The van der Waals surface area contributed by atoms with E-state index >= 15 is 0 Å². The molecule has 2 aliphatic rings. The average Bonchev–Trinajstić information content (AvgIpc) is 2.54. The fourth-order valence-electron chi connectivity index (χ4n) is 3.00. The molecule has 2 unspecified atom stereocenters. The summed E-state index contributed by atoms with van der Waals surface area (Å²) in [6.45, 7) is 7.31. The molecule has 1 saturated carbocycles. The van der Waals surface area contributed by atoms with Crippen molar-refractivity contribution in [3.8, 4) is 0 Å². The molecular formula is C10H19N. The van der Waals surface area contributed by atoms with Crippen LogP contribution in [0.5, 0.6) is 0 Å². The average molecular weight is 153 g/mol. The van der Waals surface area contributed by atoms with Gasteiger partial charge in [-0.3, -0.25) is 0 Å². The molecule has 0 radical (unpaired) electrons. The van der Waals surface area contributed by atoms with Crippen molar-refractivity contribution < 1.29 is 0 Å². The molecule has 1 aliphatic heterocycles. The van der Waals surface area contributed by atoms with Crippen LogP contribution < -0.4 is 5.32 Å². The van der Waals surface area contributed by atoms with Gasteiger partial charge < -0.3 is 5.32 Å². The number of hydrogen-bond donors (Lipinski definition) is 1. The largest absolute Gasteiger partial charge is 0.316 e. The summed E-state index contributed by atoms with van der Waals surface area (Å²) in [6, 6.07) is 0.